The molecule has 0 spiro atoms. The molecule has 3 aromatic carbocycles. The first kappa shape index (κ1) is 10.1. The number of rotatable bonds is 1. The van der Waals surface area contributed by atoms with E-state index in [1.54, 1.807) is 0 Å². The second-order valence-corrected chi connectivity index (χ2v) is 4.87. The lowest BCUT2D eigenvalue weighted by Gasteiger charge is -2.09. The van der Waals surface area contributed by atoms with Crippen molar-refractivity contribution < 1.29 is 10.0 Å². The van der Waals surface area contributed by atoms with Crippen molar-refractivity contribution in [2.75, 3.05) is 0 Å². The first-order valence-corrected chi connectivity index (χ1v) is 6.08. The summed E-state index contributed by atoms with van der Waals surface area (Å²) >= 11 is 0. The van der Waals surface area contributed by atoms with E-state index in [9.17, 15) is 10.0 Å². The summed E-state index contributed by atoms with van der Waals surface area (Å²) in [5.41, 5.74) is 3.21. The van der Waals surface area contributed by atoms with Crippen LogP contribution in [0.15, 0.2) is 42.5 Å². The molecule has 86 valence electrons. The van der Waals surface area contributed by atoms with Crippen molar-refractivity contribution in [2.24, 2.45) is 0 Å². The second kappa shape index (κ2) is 3.34. The summed E-state index contributed by atoms with van der Waals surface area (Å²) < 4.78 is 0. The van der Waals surface area contributed by atoms with E-state index in [4.69, 9.17) is 0 Å². The summed E-state index contributed by atoms with van der Waals surface area (Å²) in [5.74, 6) is 0. The quantitative estimate of drug-likeness (QED) is 0.387. The average Bonchev–Trinajstić information content (AvgIpc) is 2.75. The summed E-state index contributed by atoms with van der Waals surface area (Å²) in [6, 6.07) is 14.2. The fraction of sp³-hybridized carbons (Fsp3) is 0.0667. The summed E-state index contributed by atoms with van der Waals surface area (Å²) in [5, 5.41) is 23.6. The van der Waals surface area contributed by atoms with Crippen LogP contribution in [0.4, 0.5) is 0 Å². The van der Waals surface area contributed by atoms with Gasteiger partial charge in [-0.2, -0.15) is 0 Å². The van der Waals surface area contributed by atoms with Crippen LogP contribution in [0.5, 0.6) is 0 Å². The zero-order chi connectivity index (χ0) is 12.3. The van der Waals surface area contributed by atoms with E-state index >= 15 is 0 Å². The van der Waals surface area contributed by atoms with Crippen molar-refractivity contribution >= 4 is 34.1 Å². The van der Waals surface area contributed by atoms with E-state index in [1.165, 1.54) is 21.9 Å². The Hall–Kier alpha value is -1.84. The van der Waals surface area contributed by atoms with Crippen molar-refractivity contribution in [1.82, 2.24) is 0 Å². The minimum absolute atomic E-state index is 0.596. The molecule has 2 nitrogen and oxygen atoms in total. The maximum atomic E-state index is 9.54. The topological polar surface area (TPSA) is 40.5 Å². The molecular weight excluding hydrogens is 223 g/mol. The molecule has 2 N–H and O–H groups in total. The Morgan fingerprint density at radius 3 is 2.39 bits per heavy atom. The van der Waals surface area contributed by atoms with Gasteiger partial charge in [0.05, 0.1) is 0 Å². The molecule has 0 unspecified atom stereocenters. The standard InChI is InChI=1S/C15H11BO2/c17-16(18)13-8-11-4-1-3-9-7-10-5-2-6-12(13)15(10)14(9)11/h1-6,8,17-18H,7H2. The molecule has 1 aliphatic rings. The molecule has 0 fully saturated rings. The second-order valence-electron chi connectivity index (χ2n) is 4.87. The lowest BCUT2D eigenvalue weighted by atomic mass is 9.76. The van der Waals surface area contributed by atoms with Crippen molar-refractivity contribution in [1.29, 1.82) is 0 Å². The summed E-state index contributed by atoms with van der Waals surface area (Å²) in [6.45, 7) is 0. The lowest BCUT2D eigenvalue weighted by Crippen LogP contribution is -2.30. The Labute approximate surface area is 105 Å². The van der Waals surface area contributed by atoms with Gasteiger partial charge in [-0.3, -0.25) is 0 Å². The fourth-order valence-corrected chi connectivity index (χ4v) is 3.14. The predicted molar refractivity (Wildman–Crippen MR) is 74.1 cm³/mol. The monoisotopic (exact) mass is 234 g/mol. The summed E-state index contributed by atoms with van der Waals surface area (Å²) in [7, 11) is -1.42. The minimum atomic E-state index is -1.42. The highest BCUT2D eigenvalue weighted by Crippen LogP contribution is 2.37. The molecule has 0 radical (unpaired) electrons. The van der Waals surface area contributed by atoms with Crippen LogP contribution in [0.3, 0.4) is 0 Å². The minimum Gasteiger partial charge on any atom is -0.423 e. The molecule has 0 amide bonds. The van der Waals surface area contributed by atoms with Crippen LogP contribution < -0.4 is 5.46 Å². The highest BCUT2D eigenvalue weighted by molar-refractivity contribution is 6.62. The summed E-state index contributed by atoms with van der Waals surface area (Å²) in [6.07, 6.45) is 0.939. The maximum absolute atomic E-state index is 9.54. The third-order valence-corrected chi connectivity index (χ3v) is 3.86. The van der Waals surface area contributed by atoms with Gasteiger partial charge in [-0.25, -0.2) is 0 Å². The molecule has 0 heterocycles. The van der Waals surface area contributed by atoms with Crippen LogP contribution >= 0.6 is 0 Å². The number of benzene rings is 3. The molecule has 4 rings (SSSR count). The van der Waals surface area contributed by atoms with Crippen molar-refractivity contribution in [3.63, 3.8) is 0 Å². The molecule has 0 aromatic heterocycles. The molecule has 0 saturated heterocycles. The molecule has 3 heteroatoms. The van der Waals surface area contributed by atoms with E-state index in [-0.39, 0.29) is 0 Å². The van der Waals surface area contributed by atoms with E-state index in [1.807, 2.05) is 30.3 Å². The maximum Gasteiger partial charge on any atom is 0.489 e. The van der Waals surface area contributed by atoms with Gasteiger partial charge in [0.1, 0.15) is 0 Å². The third-order valence-electron chi connectivity index (χ3n) is 3.86. The van der Waals surface area contributed by atoms with Gasteiger partial charge in [-0.1, -0.05) is 42.5 Å². The van der Waals surface area contributed by atoms with E-state index in [2.05, 4.69) is 12.1 Å². The van der Waals surface area contributed by atoms with Gasteiger partial charge in [0, 0.05) is 0 Å². The number of hydrogen-bond donors (Lipinski definition) is 2. The SMILES string of the molecule is OB(O)c1cc2cccc3c2c2c(cccc12)C3. The normalized spacial score (nSPS) is 12.8. The molecule has 0 saturated carbocycles. The Morgan fingerprint density at radius 1 is 0.889 bits per heavy atom. The molecule has 18 heavy (non-hydrogen) atoms. The van der Waals surface area contributed by atoms with E-state index in [0.29, 0.717) is 5.46 Å². The Kier molecular flexibility index (Phi) is 1.88. The van der Waals surface area contributed by atoms with Crippen molar-refractivity contribution in [3.8, 4) is 0 Å². The van der Waals surface area contributed by atoms with Gasteiger partial charge >= 0.3 is 7.12 Å². The van der Waals surface area contributed by atoms with Crippen molar-refractivity contribution in [2.45, 2.75) is 6.42 Å². The largest absolute Gasteiger partial charge is 0.489 e. The molecule has 0 bridgehead atoms. The lowest BCUT2D eigenvalue weighted by molar-refractivity contribution is 0.426. The van der Waals surface area contributed by atoms with Crippen LogP contribution in [0.25, 0.3) is 21.5 Å². The van der Waals surface area contributed by atoms with Crippen LogP contribution in [0.2, 0.25) is 0 Å². The molecule has 3 aromatic rings. The zero-order valence-electron chi connectivity index (χ0n) is 9.72. The Bertz CT molecular complexity index is 793. The first-order valence-electron chi connectivity index (χ1n) is 6.08. The van der Waals surface area contributed by atoms with Gasteiger partial charge in [0.2, 0.25) is 0 Å². The van der Waals surface area contributed by atoms with Crippen LogP contribution in [0.1, 0.15) is 11.1 Å². The number of hydrogen-bond acceptors (Lipinski definition) is 2. The Balaban J connectivity index is 2.31. The van der Waals surface area contributed by atoms with Crippen LogP contribution in [-0.4, -0.2) is 17.2 Å². The molecule has 1 aliphatic carbocycles. The average molecular weight is 234 g/mol. The third kappa shape index (κ3) is 1.15. The van der Waals surface area contributed by atoms with Crippen LogP contribution in [-0.2, 0) is 6.42 Å². The van der Waals surface area contributed by atoms with E-state index < -0.39 is 7.12 Å². The van der Waals surface area contributed by atoms with Gasteiger partial charge < -0.3 is 10.0 Å². The predicted octanol–water partition coefficient (Wildman–Crippen LogP) is 1.58. The van der Waals surface area contributed by atoms with Gasteiger partial charge in [0.25, 0.3) is 0 Å². The van der Waals surface area contributed by atoms with Crippen molar-refractivity contribution in [3.05, 3.63) is 53.6 Å². The van der Waals surface area contributed by atoms with Gasteiger partial charge in [-0.15, -0.1) is 0 Å². The highest BCUT2D eigenvalue weighted by atomic mass is 16.4. The highest BCUT2D eigenvalue weighted by Gasteiger charge is 2.22. The summed E-state index contributed by atoms with van der Waals surface area (Å²) in [4.78, 5) is 0. The smallest absolute Gasteiger partial charge is 0.423 e. The van der Waals surface area contributed by atoms with Gasteiger partial charge in [0.15, 0.2) is 0 Å². The van der Waals surface area contributed by atoms with Gasteiger partial charge in [-0.05, 0) is 44.6 Å². The van der Waals surface area contributed by atoms with E-state index in [0.717, 1.165) is 17.2 Å². The first-order chi connectivity index (χ1) is 8.75. The molecule has 0 atom stereocenters. The van der Waals surface area contributed by atoms with Crippen LogP contribution in [0, 0.1) is 0 Å². The zero-order valence-corrected chi connectivity index (χ0v) is 9.72. The fourth-order valence-electron chi connectivity index (χ4n) is 3.14. The molecule has 0 aliphatic heterocycles. The Morgan fingerprint density at radius 2 is 1.61 bits per heavy atom. The molecular formula is C15H11BO2.